The topological polar surface area (TPSA) is 9.23 Å². The van der Waals surface area contributed by atoms with Gasteiger partial charge in [0.1, 0.15) is 5.75 Å². The highest BCUT2D eigenvalue weighted by Crippen LogP contribution is 2.42. The Hall–Kier alpha value is -0.500. The minimum Gasteiger partial charge on any atom is -0.496 e. The molecule has 0 aromatic heterocycles. The van der Waals surface area contributed by atoms with Crippen molar-refractivity contribution >= 4 is 15.9 Å². The van der Waals surface area contributed by atoms with Gasteiger partial charge < -0.3 is 4.74 Å². The van der Waals surface area contributed by atoms with Crippen LogP contribution >= 0.6 is 15.9 Å². The molecule has 64 valence electrons. The molecular formula is C10H11BrO. The van der Waals surface area contributed by atoms with Gasteiger partial charge in [-0.2, -0.15) is 0 Å². The summed E-state index contributed by atoms with van der Waals surface area (Å²) in [7, 11) is 1.71. The van der Waals surface area contributed by atoms with E-state index in [1.54, 1.807) is 7.11 Å². The minimum absolute atomic E-state index is 0.798. The van der Waals surface area contributed by atoms with Gasteiger partial charge in [-0.25, -0.2) is 0 Å². The molecule has 2 rings (SSSR count). The minimum atomic E-state index is 0.798. The molecule has 0 saturated heterocycles. The molecule has 0 spiro atoms. The van der Waals surface area contributed by atoms with Crippen molar-refractivity contribution in [1.29, 1.82) is 0 Å². The van der Waals surface area contributed by atoms with Gasteiger partial charge in [0.15, 0.2) is 0 Å². The highest BCUT2D eigenvalue weighted by molar-refractivity contribution is 9.10. The fourth-order valence-corrected chi connectivity index (χ4v) is 1.76. The van der Waals surface area contributed by atoms with Crippen LogP contribution < -0.4 is 4.74 Å². The number of hydrogen-bond donors (Lipinski definition) is 0. The first-order chi connectivity index (χ1) is 5.81. The van der Waals surface area contributed by atoms with Crippen molar-refractivity contribution in [2.75, 3.05) is 7.11 Å². The monoisotopic (exact) mass is 226 g/mol. The molecule has 12 heavy (non-hydrogen) atoms. The zero-order valence-corrected chi connectivity index (χ0v) is 8.60. The summed E-state index contributed by atoms with van der Waals surface area (Å²) in [5, 5.41) is 0. The molecule has 2 heteroatoms. The van der Waals surface area contributed by atoms with Crippen LogP contribution in [0.5, 0.6) is 5.75 Å². The van der Waals surface area contributed by atoms with Crippen LogP contribution in [-0.2, 0) is 0 Å². The molecule has 1 saturated carbocycles. The summed E-state index contributed by atoms with van der Waals surface area (Å²) in [6.45, 7) is 0. The fraction of sp³-hybridized carbons (Fsp3) is 0.400. The Labute approximate surface area is 80.9 Å². The number of benzene rings is 1. The van der Waals surface area contributed by atoms with Crippen LogP contribution in [0.3, 0.4) is 0 Å². The fourth-order valence-electron chi connectivity index (χ4n) is 1.35. The normalized spacial score (nSPS) is 16.2. The van der Waals surface area contributed by atoms with Gasteiger partial charge >= 0.3 is 0 Å². The lowest BCUT2D eigenvalue weighted by Crippen LogP contribution is -1.86. The molecule has 0 heterocycles. The molecular weight excluding hydrogens is 216 g/mol. The third-order valence-corrected chi connectivity index (χ3v) is 2.88. The van der Waals surface area contributed by atoms with E-state index in [-0.39, 0.29) is 0 Å². The molecule has 0 amide bonds. The van der Waals surface area contributed by atoms with E-state index in [1.807, 2.05) is 0 Å². The Balaban J connectivity index is 2.33. The van der Waals surface area contributed by atoms with Crippen molar-refractivity contribution in [3.05, 3.63) is 28.2 Å². The Morgan fingerprint density at radius 1 is 1.42 bits per heavy atom. The largest absolute Gasteiger partial charge is 0.496 e. The highest BCUT2D eigenvalue weighted by Gasteiger charge is 2.23. The smallest absolute Gasteiger partial charge is 0.133 e. The van der Waals surface area contributed by atoms with Gasteiger partial charge in [-0.3, -0.25) is 0 Å². The zero-order valence-electron chi connectivity index (χ0n) is 7.01. The maximum absolute atomic E-state index is 5.22. The number of rotatable bonds is 2. The van der Waals surface area contributed by atoms with Crippen molar-refractivity contribution in [2.24, 2.45) is 0 Å². The first-order valence-electron chi connectivity index (χ1n) is 4.14. The van der Waals surface area contributed by atoms with Gasteiger partial charge in [0.2, 0.25) is 0 Å². The molecule has 0 N–H and O–H groups in total. The zero-order chi connectivity index (χ0) is 8.55. The summed E-state index contributed by atoms with van der Waals surface area (Å²) in [4.78, 5) is 0. The second-order valence-electron chi connectivity index (χ2n) is 3.17. The van der Waals surface area contributed by atoms with Crippen LogP contribution in [0.4, 0.5) is 0 Å². The van der Waals surface area contributed by atoms with E-state index in [2.05, 4.69) is 34.1 Å². The van der Waals surface area contributed by atoms with E-state index in [0.29, 0.717) is 0 Å². The van der Waals surface area contributed by atoms with Gasteiger partial charge in [-0.15, -0.1) is 0 Å². The maximum atomic E-state index is 5.22. The van der Waals surface area contributed by atoms with Crippen LogP contribution in [0.15, 0.2) is 22.7 Å². The van der Waals surface area contributed by atoms with Crippen molar-refractivity contribution in [2.45, 2.75) is 18.8 Å². The lowest BCUT2D eigenvalue weighted by molar-refractivity contribution is 0.411. The summed E-state index contributed by atoms with van der Waals surface area (Å²) < 4.78 is 6.25. The van der Waals surface area contributed by atoms with E-state index >= 15 is 0 Å². The molecule has 0 atom stereocenters. The summed E-state index contributed by atoms with van der Waals surface area (Å²) in [6, 6.07) is 6.36. The molecule has 0 aliphatic heterocycles. The molecule has 0 radical (unpaired) electrons. The van der Waals surface area contributed by atoms with Crippen LogP contribution in [0.1, 0.15) is 24.3 Å². The average Bonchev–Trinajstić information content (AvgIpc) is 2.88. The Kier molecular flexibility index (Phi) is 2.09. The second kappa shape index (κ2) is 3.09. The number of ether oxygens (including phenoxy) is 1. The summed E-state index contributed by atoms with van der Waals surface area (Å²) >= 11 is 3.44. The van der Waals surface area contributed by atoms with Crippen molar-refractivity contribution in [3.8, 4) is 5.75 Å². The third-order valence-electron chi connectivity index (χ3n) is 2.22. The van der Waals surface area contributed by atoms with Gasteiger partial charge in [-0.1, -0.05) is 6.07 Å². The van der Waals surface area contributed by atoms with E-state index in [0.717, 1.165) is 16.1 Å². The van der Waals surface area contributed by atoms with Crippen LogP contribution in [0.25, 0.3) is 0 Å². The van der Waals surface area contributed by atoms with Crippen molar-refractivity contribution < 1.29 is 4.74 Å². The molecule has 0 unspecified atom stereocenters. The number of hydrogen-bond acceptors (Lipinski definition) is 1. The Morgan fingerprint density at radius 2 is 2.17 bits per heavy atom. The number of methoxy groups -OCH3 is 1. The molecule has 1 fully saturated rings. The third kappa shape index (κ3) is 1.48. The quantitative estimate of drug-likeness (QED) is 0.752. The molecule has 0 bridgehead atoms. The molecule has 1 nitrogen and oxygen atoms in total. The van der Waals surface area contributed by atoms with Crippen LogP contribution in [-0.4, -0.2) is 7.11 Å². The van der Waals surface area contributed by atoms with Gasteiger partial charge in [0, 0.05) is 0 Å². The Morgan fingerprint density at radius 3 is 2.75 bits per heavy atom. The second-order valence-corrected chi connectivity index (χ2v) is 4.02. The van der Waals surface area contributed by atoms with E-state index in [1.165, 1.54) is 18.4 Å². The SMILES string of the molecule is COc1cc(C2CC2)ccc1Br. The molecule has 1 aliphatic carbocycles. The average molecular weight is 227 g/mol. The Bertz CT molecular complexity index is 292. The summed E-state index contributed by atoms with van der Waals surface area (Å²) in [6.07, 6.45) is 2.68. The highest BCUT2D eigenvalue weighted by atomic mass is 79.9. The van der Waals surface area contributed by atoms with Gasteiger partial charge in [0.05, 0.1) is 11.6 Å². The van der Waals surface area contributed by atoms with Gasteiger partial charge in [0.25, 0.3) is 0 Å². The van der Waals surface area contributed by atoms with E-state index in [9.17, 15) is 0 Å². The lowest BCUT2D eigenvalue weighted by atomic mass is 10.1. The van der Waals surface area contributed by atoms with Gasteiger partial charge in [-0.05, 0) is 52.4 Å². The predicted molar refractivity (Wildman–Crippen MR) is 52.7 cm³/mol. The van der Waals surface area contributed by atoms with E-state index < -0.39 is 0 Å². The molecule has 1 aromatic rings. The maximum Gasteiger partial charge on any atom is 0.133 e. The predicted octanol–water partition coefficient (Wildman–Crippen LogP) is 3.34. The first-order valence-corrected chi connectivity index (χ1v) is 4.94. The first kappa shape index (κ1) is 8.11. The summed E-state index contributed by atoms with van der Waals surface area (Å²) in [5.74, 6) is 1.74. The molecule has 1 aliphatic rings. The number of halogens is 1. The van der Waals surface area contributed by atoms with Crippen LogP contribution in [0.2, 0.25) is 0 Å². The standard InChI is InChI=1S/C10H11BrO/c1-12-10-6-8(7-2-3-7)4-5-9(10)11/h4-7H,2-3H2,1H3. The van der Waals surface area contributed by atoms with Crippen molar-refractivity contribution in [1.82, 2.24) is 0 Å². The van der Waals surface area contributed by atoms with Crippen LogP contribution in [0, 0.1) is 0 Å². The molecule has 1 aromatic carbocycles. The van der Waals surface area contributed by atoms with Crippen molar-refractivity contribution in [3.63, 3.8) is 0 Å². The van der Waals surface area contributed by atoms with E-state index in [4.69, 9.17) is 4.74 Å². The summed E-state index contributed by atoms with van der Waals surface area (Å²) in [5.41, 5.74) is 1.41. The lowest BCUT2D eigenvalue weighted by Gasteiger charge is -2.05.